The van der Waals surface area contributed by atoms with E-state index in [0.717, 1.165) is 25.7 Å². The molecule has 0 saturated carbocycles. The highest BCUT2D eigenvalue weighted by Crippen LogP contribution is 2.49. The average molecular weight is 264 g/mol. The molecule has 0 aliphatic heterocycles. The molecule has 110 valence electrons. The highest BCUT2D eigenvalue weighted by molar-refractivity contribution is 5.15. The molecular formula is C18H32O. The molecule has 0 fully saturated rings. The van der Waals surface area contributed by atoms with Crippen molar-refractivity contribution in [1.29, 1.82) is 0 Å². The Kier molecular flexibility index (Phi) is 5.43. The van der Waals surface area contributed by atoms with Crippen molar-refractivity contribution < 1.29 is 5.11 Å². The number of hydrogen-bond donors (Lipinski definition) is 1. The molecule has 19 heavy (non-hydrogen) atoms. The number of hydrogen-bond acceptors (Lipinski definition) is 1. The normalized spacial score (nSPS) is 30.5. The lowest BCUT2D eigenvalue weighted by Gasteiger charge is -2.49. The number of rotatable bonds is 5. The maximum Gasteiger partial charge on any atom is 0.0676 e. The Morgan fingerprint density at radius 1 is 1.53 bits per heavy atom. The van der Waals surface area contributed by atoms with E-state index in [2.05, 4.69) is 46.8 Å². The molecule has 0 bridgehead atoms. The van der Waals surface area contributed by atoms with Gasteiger partial charge in [-0.25, -0.2) is 0 Å². The van der Waals surface area contributed by atoms with Gasteiger partial charge in [-0.2, -0.15) is 0 Å². The van der Waals surface area contributed by atoms with Crippen LogP contribution in [0, 0.1) is 11.3 Å². The molecule has 0 aromatic heterocycles. The zero-order chi connectivity index (χ0) is 14.7. The average Bonchev–Trinajstić information content (AvgIpc) is 2.33. The molecule has 3 unspecified atom stereocenters. The van der Waals surface area contributed by atoms with Gasteiger partial charge in [0.15, 0.2) is 0 Å². The van der Waals surface area contributed by atoms with Gasteiger partial charge in [-0.15, -0.1) is 0 Å². The molecule has 0 aromatic rings. The van der Waals surface area contributed by atoms with Crippen LogP contribution in [0.3, 0.4) is 0 Å². The van der Waals surface area contributed by atoms with E-state index in [0.29, 0.717) is 5.92 Å². The van der Waals surface area contributed by atoms with Gasteiger partial charge < -0.3 is 5.11 Å². The molecule has 0 heterocycles. The van der Waals surface area contributed by atoms with Crippen LogP contribution in [0.1, 0.15) is 73.6 Å². The zero-order valence-electron chi connectivity index (χ0n) is 13.7. The lowest BCUT2D eigenvalue weighted by molar-refractivity contribution is -0.0943. The molecule has 3 atom stereocenters. The summed E-state index contributed by atoms with van der Waals surface area (Å²) in [7, 11) is 0. The largest absolute Gasteiger partial charge is 0.390 e. The summed E-state index contributed by atoms with van der Waals surface area (Å²) in [6, 6.07) is 0. The molecule has 0 amide bonds. The van der Waals surface area contributed by atoms with Crippen LogP contribution in [0.2, 0.25) is 0 Å². The smallest absolute Gasteiger partial charge is 0.0676 e. The SMILES string of the molecule is CCC(C)(O)C1(C)CC=C(CCC=C(C)C)CC1C. The van der Waals surface area contributed by atoms with E-state index in [1.807, 2.05) is 6.92 Å². The van der Waals surface area contributed by atoms with Gasteiger partial charge in [-0.3, -0.25) is 0 Å². The van der Waals surface area contributed by atoms with Crippen LogP contribution in [-0.2, 0) is 0 Å². The summed E-state index contributed by atoms with van der Waals surface area (Å²) >= 11 is 0. The minimum atomic E-state index is -0.561. The Morgan fingerprint density at radius 2 is 2.16 bits per heavy atom. The first-order valence-electron chi connectivity index (χ1n) is 7.76. The van der Waals surface area contributed by atoms with E-state index in [1.54, 1.807) is 5.57 Å². The van der Waals surface area contributed by atoms with Gasteiger partial charge >= 0.3 is 0 Å². The minimum absolute atomic E-state index is 0.0156. The lowest BCUT2D eigenvalue weighted by Crippen LogP contribution is -2.48. The molecule has 0 radical (unpaired) electrons. The predicted octanol–water partition coefficient (Wildman–Crippen LogP) is 5.26. The summed E-state index contributed by atoms with van der Waals surface area (Å²) in [6.07, 6.45) is 10.0. The Morgan fingerprint density at radius 3 is 2.63 bits per heavy atom. The van der Waals surface area contributed by atoms with Gasteiger partial charge in [-0.05, 0) is 58.8 Å². The van der Waals surface area contributed by atoms with Gasteiger partial charge in [0.05, 0.1) is 5.60 Å². The molecule has 1 rings (SSSR count). The summed E-state index contributed by atoms with van der Waals surface area (Å²) < 4.78 is 0. The van der Waals surface area contributed by atoms with Gasteiger partial charge in [0.1, 0.15) is 0 Å². The third-order valence-electron chi connectivity index (χ3n) is 5.41. The van der Waals surface area contributed by atoms with Gasteiger partial charge in [0, 0.05) is 5.41 Å². The molecule has 1 nitrogen and oxygen atoms in total. The molecular weight excluding hydrogens is 232 g/mol. The highest BCUT2D eigenvalue weighted by atomic mass is 16.3. The van der Waals surface area contributed by atoms with Crippen LogP contribution in [-0.4, -0.2) is 10.7 Å². The molecule has 1 N–H and O–H groups in total. The molecule has 1 heteroatoms. The minimum Gasteiger partial charge on any atom is -0.390 e. The van der Waals surface area contributed by atoms with Crippen molar-refractivity contribution in [1.82, 2.24) is 0 Å². The van der Waals surface area contributed by atoms with Crippen LogP contribution in [0.5, 0.6) is 0 Å². The second-order valence-electron chi connectivity index (χ2n) is 7.04. The fraction of sp³-hybridized carbons (Fsp3) is 0.778. The first-order chi connectivity index (χ1) is 8.73. The Bertz CT molecular complexity index is 358. The summed E-state index contributed by atoms with van der Waals surface area (Å²) in [5.41, 5.74) is 2.44. The van der Waals surface area contributed by atoms with Crippen LogP contribution < -0.4 is 0 Å². The van der Waals surface area contributed by atoms with Gasteiger partial charge in [-0.1, -0.05) is 44.1 Å². The third-order valence-corrected chi connectivity index (χ3v) is 5.41. The van der Waals surface area contributed by atoms with E-state index in [9.17, 15) is 5.11 Å². The topological polar surface area (TPSA) is 20.2 Å². The van der Waals surface area contributed by atoms with E-state index in [1.165, 1.54) is 12.0 Å². The van der Waals surface area contributed by atoms with Crippen molar-refractivity contribution in [3.8, 4) is 0 Å². The van der Waals surface area contributed by atoms with Crippen molar-refractivity contribution >= 4 is 0 Å². The Labute approximate surface area is 119 Å². The molecule has 0 saturated heterocycles. The summed E-state index contributed by atoms with van der Waals surface area (Å²) in [6.45, 7) is 13.0. The quantitative estimate of drug-likeness (QED) is 0.672. The van der Waals surface area contributed by atoms with Crippen LogP contribution in [0.25, 0.3) is 0 Å². The van der Waals surface area contributed by atoms with Crippen LogP contribution in [0.4, 0.5) is 0 Å². The standard InChI is InChI=1S/C18H32O/c1-7-18(6,19)17(5)12-11-16(13-15(17)4)10-8-9-14(2)3/h9,11,15,19H,7-8,10,12-13H2,1-6H3. The van der Waals surface area contributed by atoms with Crippen LogP contribution >= 0.6 is 0 Å². The van der Waals surface area contributed by atoms with Crippen LogP contribution in [0.15, 0.2) is 23.3 Å². The van der Waals surface area contributed by atoms with Crippen molar-refractivity contribution in [2.45, 2.75) is 79.2 Å². The monoisotopic (exact) mass is 264 g/mol. The molecule has 1 aliphatic carbocycles. The van der Waals surface area contributed by atoms with Crippen molar-refractivity contribution in [3.05, 3.63) is 23.3 Å². The Balaban J connectivity index is 2.72. The van der Waals surface area contributed by atoms with Crippen molar-refractivity contribution in [2.75, 3.05) is 0 Å². The van der Waals surface area contributed by atoms with Gasteiger partial charge in [0.25, 0.3) is 0 Å². The van der Waals surface area contributed by atoms with E-state index < -0.39 is 5.60 Å². The fourth-order valence-electron chi connectivity index (χ4n) is 3.16. The Hall–Kier alpha value is -0.560. The maximum atomic E-state index is 10.7. The van der Waals surface area contributed by atoms with E-state index >= 15 is 0 Å². The number of allylic oxidation sites excluding steroid dienone is 4. The predicted molar refractivity (Wildman–Crippen MR) is 84.2 cm³/mol. The summed E-state index contributed by atoms with van der Waals surface area (Å²) in [5, 5.41) is 10.7. The van der Waals surface area contributed by atoms with E-state index in [4.69, 9.17) is 0 Å². The number of aliphatic hydroxyl groups is 1. The zero-order valence-corrected chi connectivity index (χ0v) is 13.7. The fourth-order valence-corrected chi connectivity index (χ4v) is 3.16. The van der Waals surface area contributed by atoms with Crippen molar-refractivity contribution in [2.24, 2.45) is 11.3 Å². The lowest BCUT2D eigenvalue weighted by atomic mass is 9.59. The van der Waals surface area contributed by atoms with Gasteiger partial charge in [0.2, 0.25) is 0 Å². The van der Waals surface area contributed by atoms with Crippen molar-refractivity contribution in [3.63, 3.8) is 0 Å². The summed E-state index contributed by atoms with van der Waals surface area (Å²) in [5.74, 6) is 0.550. The summed E-state index contributed by atoms with van der Waals surface area (Å²) in [4.78, 5) is 0. The molecule has 0 spiro atoms. The van der Waals surface area contributed by atoms with E-state index in [-0.39, 0.29) is 5.41 Å². The molecule has 0 aromatic carbocycles. The first-order valence-corrected chi connectivity index (χ1v) is 7.76. The molecule has 1 aliphatic rings. The third kappa shape index (κ3) is 3.72. The maximum absolute atomic E-state index is 10.7. The second-order valence-corrected chi connectivity index (χ2v) is 7.04. The second kappa shape index (κ2) is 6.26. The highest BCUT2D eigenvalue weighted by Gasteiger charge is 2.46. The first kappa shape index (κ1) is 16.5.